The first-order valence-corrected chi connectivity index (χ1v) is 7.86. The maximum absolute atomic E-state index is 14.8. The number of pyridine rings is 1. The van der Waals surface area contributed by atoms with Crippen molar-refractivity contribution in [2.45, 2.75) is 12.7 Å². The lowest BCUT2D eigenvalue weighted by Crippen LogP contribution is -2.35. The number of likely N-dealkylation sites (N-methyl/N-ethyl adjacent to an activating group) is 1. The zero-order valence-corrected chi connectivity index (χ0v) is 13.7. The maximum Gasteiger partial charge on any atom is 0.415 e. The van der Waals surface area contributed by atoms with Gasteiger partial charge in [-0.15, -0.1) is 0 Å². The number of carbonyl (C=O) groups is 2. The molecular weight excluding hydrogens is 345 g/mol. The number of cyclic esters (lactones) is 1. The van der Waals surface area contributed by atoms with Crippen LogP contribution in [0.3, 0.4) is 0 Å². The van der Waals surface area contributed by atoms with E-state index in [4.69, 9.17) is 9.47 Å². The van der Waals surface area contributed by atoms with E-state index in [0.29, 0.717) is 5.69 Å². The van der Waals surface area contributed by atoms with Crippen molar-refractivity contribution in [3.05, 3.63) is 52.2 Å². The van der Waals surface area contributed by atoms with Crippen molar-refractivity contribution in [3.63, 3.8) is 0 Å². The first kappa shape index (κ1) is 16.1. The van der Waals surface area contributed by atoms with Crippen molar-refractivity contribution >= 4 is 17.7 Å². The van der Waals surface area contributed by atoms with Crippen LogP contribution in [0.1, 0.15) is 5.69 Å². The van der Waals surface area contributed by atoms with Gasteiger partial charge >= 0.3 is 6.09 Å². The number of nitrogens with one attached hydrogen (secondary N) is 1. The lowest BCUT2D eigenvalue weighted by atomic mass is 10.1. The second-order valence-electron chi connectivity index (χ2n) is 5.88. The van der Waals surface area contributed by atoms with Crippen molar-refractivity contribution in [3.8, 4) is 11.4 Å². The number of ether oxygens (including phenoxy) is 2. The quantitative estimate of drug-likeness (QED) is 0.862. The summed E-state index contributed by atoms with van der Waals surface area (Å²) in [4.78, 5) is 36.3. The highest BCUT2D eigenvalue weighted by Gasteiger charge is 2.37. The number of amides is 2. The van der Waals surface area contributed by atoms with Crippen LogP contribution in [0.25, 0.3) is 5.69 Å². The molecule has 9 heteroatoms. The number of aromatic nitrogens is 1. The Morgan fingerprint density at radius 2 is 2.12 bits per heavy atom. The van der Waals surface area contributed by atoms with Crippen molar-refractivity contribution in [2.75, 3.05) is 18.5 Å². The molecule has 1 aromatic carbocycles. The fourth-order valence-electron chi connectivity index (χ4n) is 3.04. The molecule has 1 fully saturated rings. The van der Waals surface area contributed by atoms with E-state index in [2.05, 4.69) is 5.32 Å². The molecule has 26 heavy (non-hydrogen) atoms. The monoisotopic (exact) mass is 359 g/mol. The Morgan fingerprint density at radius 1 is 1.31 bits per heavy atom. The third-order valence-corrected chi connectivity index (χ3v) is 4.30. The standard InChI is InChI=1S/C17H14FN3O5/c1-19-16(23)14-7-21(17(24)26-14)9-5-12(18)15-13(6-9)25-8-10-4-11(22)2-3-20(10)15/h2-6,14H,7-8H2,1H3,(H,19,23)/t14-/m1/s1. The molecule has 0 aliphatic carbocycles. The van der Waals surface area contributed by atoms with Gasteiger partial charge in [-0.05, 0) is 0 Å². The number of anilines is 1. The van der Waals surface area contributed by atoms with Gasteiger partial charge in [0.1, 0.15) is 18.0 Å². The van der Waals surface area contributed by atoms with Crippen molar-refractivity contribution in [2.24, 2.45) is 0 Å². The number of hydrogen-bond acceptors (Lipinski definition) is 5. The molecule has 2 aliphatic rings. The number of rotatable bonds is 2. The Balaban J connectivity index is 1.73. The van der Waals surface area contributed by atoms with Crippen LogP contribution < -0.4 is 20.4 Å². The molecule has 0 bridgehead atoms. The lowest BCUT2D eigenvalue weighted by Gasteiger charge is -2.25. The summed E-state index contributed by atoms with van der Waals surface area (Å²) in [6.45, 7) is 0.0668. The van der Waals surface area contributed by atoms with Crippen molar-refractivity contribution in [1.82, 2.24) is 9.88 Å². The summed E-state index contributed by atoms with van der Waals surface area (Å²) in [5.41, 5.74) is 0.713. The molecule has 2 amide bonds. The third-order valence-electron chi connectivity index (χ3n) is 4.30. The molecule has 134 valence electrons. The molecule has 1 N–H and O–H groups in total. The predicted molar refractivity (Wildman–Crippen MR) is 88.0 cm³/mol. The highest BCUT2D eigenvalue weighted by atomic mass is 19.1. The van der Waals surface area contributed by atoms with Crippen molar-refractivity contribution in [1.29, 1.82) is 0 Å². The average Bonchev–Trinajstić information content (AvgIpc) is 3.02. The van der Waals surface area contributed by atoms with E-state index in [1.807, 2.05) is 0 Å². The van der Waals surface area contributed by atoms with Gasteiger partial charge in [0.2, 0.25) is 0 Å². The van der Waals surface area contributed by atoms with E-state index in [1.54, 1.807) is 0 Å². The minimum atomic E-state index is -0.960. The molecule has 3 heterocycles. The van der Waals surface area contributed by atoms with Crippen LogP contribution in [0.4, 0.5) is 14.9 Å². The Bertz CT molecular complexity index is 987. The Hall–Kier alpha value is -3.36. The summed E-state index contributed by atoms with van der Waals surface area (Å²) in [5.74, 6) is -0.834. The van der Waals surface area contributed by atoms with E-state index < -0.39 is 23.9 Å². The Labute approximate surface area is 146 Å². The van der Waals surface area contributed by atoms with Crippen LogP contribution in [0.2, 0.25) is 0 Å². The van der Waals surface area contributed by atoms with Gasteiger partial charge in [0, 0.05) is 37.5 Å². The third kappa shape index (κ3) is 2.48. The molecule has 8 nitrogen and oxygen atoms in total. The SMILES string of the molecule is CNC(=O)[C@H]1CN(c2cc(F)c3c(c2)OCc2cc(=O)ccn2-3)C(=O)O1. The highest BCUT2D eigenvalue weighted by Crippen LogP contribution is 2.36. The van der Waals surface area contributed by atoms with E-state index in [9.17, 15) is 18.8 Å². The molecule has 0 unspecified atom stereocenters. The Morgan fingerprint density at radius 3 is 2.88 bits per heavy atom. The van der Waals surface area contributed by atoms with E-state index in [0.717, 1.165) is 0 Å². The van der Waals surface area contributed by atoms with Gasteiger partial charge in [0.05, 0.1) is 17.9 Å². The molecule has 2 aromatic rings. The highest BCUT2D eigenvalue weighted by molar-refractivity contribution is 5.95. The number of fused-ring (bicyclic) bond motifs is 3. The van der Waals surface area contributed by atoms with Gasteiger partial charge in [-0.2, -0.15) is 0 Å². The van der Waals surface area contributed by atoms with Gasteiger partial charge in [-0.3, -0.25) is 14.5 Å². The number of carbonyl (C=O) groups excluding carboxylic acids is 2. The minimum absolute atomic E-state index is 0.0278. The summed E-state index contributed by atoms with van der Waals surface area (Å²) in [6, 6.07) is 5.38. The number of nitrogens with zero attached hydrogens (tertiary/aromatic N) is 2. The van der Waals surface area contributed by atoms with Crippen LogP contribution in [-0.4, -0.2) is 36.3 Å². The zero-order valence-electron chi connectivity index (χ0n) is 13.7. The Kier molecular flexibility index (Phi) is 3.64. The van der Waals surface area contributed by atoms with Gasteiger partial charge < -0.3 is 19.4 Å². The van der Waals surface area contributed by atoms with Gasteiger partial charge in [0.15, 0.2) is 17.3 Å². The van der Waals surface area contributed by atoms with Crippen molar-refractivity contribution < 1.29 is 23.5 Å². The second kappa shape index (κ2) is 5.87. The average molecular weight is 359 g/mol. The normalized spacial score (nSPS) is 17.8. The molecule has 0 spiro atoms. The summed E-state index contributed by atoms with van der Waals surface area (Å²) < 4.78 is 26.9. The molecule has 1 atom stereocenters. The minimum Gasteiger partial charge on any atom is -0.485 e. The summed E-state index contributed by atoms with van der Waals surface area (Å²) in [7, 11) is 1.44. The maximum atomic E-state index is 14.8. The largest absolute Gasteiger partial charge is 0.485 e. The van der Waals surface area contributed by atoms with E-state index >= 15 is 0 Å². The van der Waals surface area contributed by atoms with Crippen LogP contribution in [0, 0.1) is 5.82 Å². The van der Waals surface area contributed by atoms with Crippen LogP contribution in [-0.2, 0) is 16.1 Å². The first-order chi connectivity index (χ1) is 12.5. The fraction of sp³-hybridized carbons (Fsp3) is 0.235. The second-order valence-corrected chi connectivity index (χ2v) is 5.88. The van der Waals surface area contributed by atoms with Crippen LogP contribution in [0.5, 0.6) is 5.75 Å². The molecule has 4 rings (SSSR count). The van der Waals surface area contributed by atoms with Crippen LogP contribution >= 0.6 is 0 Å². The number of halogens is 1. The van der Waals surface area contributed by atoms with Gasteiger partial charge in [-0.25, -0.2) is 9.18 Å². The summed E-state index contributed by atoms with van der Waals surface area (Å²) in [6.07, 6.45) is -0.219. The topological polar surface area (TPSA) is 89.9 Å². The van der Waals surface area contributed by atoms with Gasteiger partial charge in [-0.1, -0.05) is 0 Å². The van der Waals surface area contributed by atoms with Crippen LogP contribution in [0.15, 0.2) is 35.3 Å². The van der Waals surface area contributed by atoms with Gasteiger partial charge in [0.25, 0.3) is 5.91 Å². The molecule has 0 saturated carbocycles. The first-order valence-electron chi connectivity index (χ1n) is 7.86. The number of hydrogen-bond donors (Lipinski definition) is 1. The molecule has 2 aliphatic heterocycles. The van der Waals surface area contributed by atoms with E-state index in [-0.39, 0.29) is 35.7 Å². The smallest absolute Gasteiger partial charge is 0.415 e. The fourth-order valence-corrected chi connectivity index (χ4v) is 3.04. The molecular formula is C17H14FN3O5. The molecule has 1 aromatic heterocycles. The lowest BCUT2D eigenvalue weighted by molar-refractivity contribution is -0.127. The predicted octanol–water partition coefficient (Wildman–Crippen LogP) is 0.940. The number of benzene rings is 1. The summed E-state index contributed by atoms with van der Waals surface area (Å²) in [5, 5.41) is 2.41. The molecule has 0 radical (unpaired) electrons. The summed E-state index contributed by atoms with van der Waals surface area (Å²) >= 11 is 0. The zero-order chi connectivity index (χ0) is 18.4. The van der Waals surface area contributed by atoms with E-state index in [1.165, 1.54) is 47.0 Å². The molecule has 1 saturated heterocycles.